The van der Waals surface area contributed by atoms with Gasteiger partial charge in [0.05, 0.1) is 0 Å². The largest absolute Gasteiger partial charge is 0.759 e. The van der Waals surface area contributed by atoms with Crippen LogP contribution in [0.5, 0.6) is 0 Å². The van der Waals surface area contributed by atoms with E-state index in [1.54, 1.807) is 0 Å². The summed E-state index contributed by atoms with van der Waals surface area (Å²) >= 11 is 0. The lowest BCUT2D eigenvalue weighted by Crippen LogP contribution is -1.98. The van der Waals surface area contributed by atoms with Crippen molar-refractivity contribution in [2.24, 2.45) is 0 Å². The van der Waals surface area contributed by atoms with E-state index in [0.717, 1.165) is 0 Å². The highest BCUT2D eigenvalue weighted by atomic mass is 16.5. The molecule has 0 aliphatic heterocycles. The van der Waals surface area contributed by atoms with Gasteiger partial charge in [0.1, 0.15) is 0 Å². The highest BCUT2D eigenvalue weighted by Gasteiger charge is 1.77. The highest BCUT2D eigenvalue weighted by molar-refractivity contribution is 5.87. The first-order valence-electron chi connectivity index (χ1n) is 2.21. The predicted molar refractivity (Wildman–Crippen MR) is 31.0 cm³/mol. The maximum Gasteiger partial charge on any atom is 0.154 e. The smallest absolute Gasteiger partial charge is 0.154 e. The van der Waals surface area contributed by atoms with Gasteiger partial charge in [-0.2, -0.15) is 0 Å². The van der Waals surface area contributed by atoms with E-state index in [4.69, 9.17) is 0 Å². The van der Waals surface area contributed by atoms with Gasteiger partial charge in [-0.25, -0.2) is 0 Å². The summed E-state index contributed by atoms with van der Waals surface area (Å²) in [6.07, 6.45) is 2.38. The lowest BCUT2D eigenvalue weighted by atomic mass is 10.4. The summed E-state index contributed by atoms with van der Waals surface area (Å²) in [4.78, 5) is 10.1. The molecule has 0 aliphatic carbocycles. The summed E-state index contributed by atoms with van der Waals surface area (Å²) in [5.41, 5.74) is 0. The maximum atomic E-state index is 10.1. The molecule has 0 heterocycles. The molecule has 0 spiro atoms. The zero-order valence-electron chi connectivity index (χ0n) is 4.92. The molecule has 0 aromatic heterocycles. The van der Waals surface area contributed by atoms with Crippen LogP contribution in [-0.2, 0) is 4.79 Å². The van der Waals surface area contributed by atoms with Crippen molar-refractivity contribution in [3.8, 4) is 0 Å². The summed E-state index contributed by atoms with van der Waals surface area (Å²) in [7, 11) is 1.32. The van der Waals surface area contributed by atoms with Gasteiger partial charge < -0.3 is 10.3 Å². The summed E-state index contributed by atoms with van der Waals surface area (Å²) < 4.78 is 0. The Labute approximate surface area is 48.2 Å². The lowest BCUT2D eigenvalue weighted by molar-refractivity contribution is -0.112. The Bertz CT molecular complexity index is 107. The molecule has 0 saturated heterocycles. The van der Waals surface area contributed by atoms with Crippen molar-refractivity contribution >= 4 is 5.78 Å². The average Bonchev–Trinajstić information content (AvgIpc) is 1.61. The van der Waals surface area contributed by atoms with Crippen molar-refractivity contribution < 1.29 is 4.79 Å². The van der Waals surface area contributed by atoms with Crippen molar-refractivity contribution in [3.05, 3.63) is 17.5 Å². The number of ketones is 1. The Morgan fingerprint density at radius 1 is 1.75 bits per heavy atom. The van der Waals surface area contributed by atoms with Crippen LogP contribution in [0.25, 0.3) is 0 Å². The molecule has 0 radical (unpaired) electrons. The van der Waals surface area contributed by atoms with Crippen molar-refractivity contribution in [1.82, 2.24) is 5.06 Å². The van der Waals surface area contributed by atoms with Gasteiger partial charge in [-0.1, -0.05) is 0 Å². The van der Waals surface area contributed by atoms with Crippen LogP contribution >= 0.6 is 0 Å². The molecule has 0 aromatic rings. The number of hydrogen-bond donors (Lipinski definition) is 0. The third kappa shape index (κ3) is 5.17. The molecule has 0 aromatic carbocycles. The van der Waals surface area contributed by atoms with Gasteiger partial charge in [-0.05, 0) is 26.2 Å². The van der Waals surface area contributed by atoms with Gasteiger partial charge in [-0.15, -0.1) is 0 Å². The van der Waals surface area contributed by atoms with Gasteiger partial charge in [0.25, 0.3) is 0 Å². The SMILES string of the molecule is CC(=O)/C=C/N(C)[O-]. The van der Waals surface area contributed by atoms with Crippen LogP contribution in [0.3, 0.4) is 0 Å². The molecule has 0 rings (SSSR count). The van der Waals surface area contributed by atoms with E-state index in [0.29, 0.717) is 5.06 Å². The van der Waals surface area contributed by atoms with Crippen LogP contribution < -0.4 is 0 Å². The van der Waals surface area contributed by atoms with Crippen molar-refractivity contribution in [2.45, 2.75) is 6.92 Å². The van der Waals surface area contributed by atoms with Crippen LogP contribution in [0.15, 0.2) is 12.3 Å². The highest BCUT2D eigenvalue weighted by Crippen LogP contribution is 1.78. The van der Waals surface area contributed by atoms with E-state index < -0.39 is 0 Å². The van der Waals surface area contributed by atoms with Crippen molar-refractivity contribution in [2.75, 3.05) is 7.05 Å². The number of hydroxylamine groups is 2. The standard InChI is InChI=1S/C5H8NO2/c1-5(7)3-4-6(2)8/h3-4H,1-2H3/q-1/b4-3+. The van der Waals surface area contributed by atoms with E-state index in [9.17, 15) is 10.0 Å². The summed E-state index contributed by atoms with van der Waals surface area (Å²) in [6, 6.07) is 0. The lowest BCUT2D eigenvalue weighted by Gasteiger charge is -2.17. The first-order chi connectivity index (χ1) is 3.63. The molecule has 0 unspecified atom stereocenters. The number of carbonyl (C=O) groups is 1. The topological polar surface area (TPSA) is 43.4 Å². The number of carbonyl (C=O) groups excluding carboxylic acids is 1. The number of allylic oxidation sites excluding steroid dienone is 1. The fraction of sp³-hybridized carbons (Fsp3) is 0.400. The van der Waals surface area contributed by atoms with Crippen LogP contribution in [0.1, 0.15) is 6.92 Å². The first-order valence-corrected chi connectivity index (χ1v) is 2.21. The Kier molecular flexibility index (Phi) is 2.88. The minimum absolute atomic E-state index is 0.118. The van der Waals surface area contributed by atoms with Crippen LogP contribution in [0.4, 0.5) is 0 Å². The minimum atomic E-state index is -0.118. The number of rotatable bonds is 2. The molecule has 8 heavy (non-hydrogen) atoms. The zero-order chi connectivity index (χ0) is 6.57. The number of nitrogens with zero attached hydrogens (tertiary/aromatic N) is 1. The third-order valence-electron chi connectivity index (χ3n) is 0.519. The van der Waals surface area contributed by atoms with Crippen molar-refractivity contribution in [1.29, 1.82) is 0 Å². The number of hydrogen-bond acceptors (Lipinski definition) is 3. The molecular weight excluding hydrogens is 106 g/mol. The van der Waals surface area contributed by atoms with Gasteiger partial charge >= 0.3 is 0 Å². The Hall–Kier alpha value is -0.830. The van der Waals surface area contributed by atoms with E-state index in [1.807, 2.05) is 0 Å². The monoisotopic (exact) mass is 114 g/mol. The molecule has 0 saturated carbocycles. The molecule has 0 bridgehead atoms. The van der Waals surface area contributed by atoms with E-state index >= 15 is 0 Å². The molecule has 0 atom stereocenters. The molecule has 0 amide bonds. The maximum absolute atomic E-state index is 10.1. The fourth-order valence-electron chi connectivity index (χ4n) is 0.210. The molecule has 0 fully saturated rings. The Balaban J connectivity index is 3.50. The quantitative estimate of drug-likeness (QED) is 0.388. The van der Waals surface area contributed by atoms with Crippen molar-refractivity contribution in [3.63, 3.8) is 0 Å². The average molecular weight is 114 g/mol. The molecule has 46 valence electrons. The van der Waals surface area contributed by atoms with E-state index in [-0.39, 0.29) is 5.78 Å². The predicted octanol–water partition coefficient (Wildman–Crippen LogP) is 0.519. The first kappa shape index (κ1) is 7.17. The molecule has 0 aliphatic rings. The van der Waals surface area contributed by atoms with Gasteiger partial charge in [-0.3, -0.25) is 4.79 Å². The van der Waals surface area contributed by atoms with Crippen LogP contribution in [0, 0.1) is 5.21 Å². The molecular formula is C5H8NO2-. The summed E-state index contributed by atoms with van der Waals surface area (Å²) in [5, 5.41) is 10.6. The molecule has 3 nitrogen and oxygen atoms in total. The van der Waals surface area contributed by atoms with E-state index in [1.165, 1.54) is 26.2 Å². The zero-order valence-corrected chi connectivity index (χ0v) is 4.92. The van der Waals surface area contributed by atoms with E-state index in [2.05, 4.69) is 0 Å². The van der Waals surface area contributed by atoms with Gasteiger partial charge in [0.2, 0.25) is 0 Å². The van der Waals surface area contributed by atoms with Crippen LogP contribution in [-0.4, -0.2) is 17.9 Å². The van der Waals surface area contributed by atoms with Crippen LogP contribution in [0.2, 0.25) is 0 Å². The Morgan fingerprint density at radius 3 is 2.38 bits per heavy atom. The second-order valence-corrected chi connectivity index (χ2v) is 1.47. The molecule has 0 N–H and O–H groups in total. The second-order valence-electron chi connectivity index (χ2n) is 1.47. The third-order valence-corrected chi connectivity index (χ3v) is 0.519. The van der Waals surface area contributed by atoms with Gasteiger partial charge in [0.15, 0.2) is 5.78 Å². The Morgan fingerprint density at radius 2 is 2.25 bits per heavy atom. The normalized spacial score (nSPS) is 9.88. The second kappa shape index (κ2) is 3.21. The summed E-state index contributed by atoms with van der Waals surface area (Å²) in [5.74, 6) is -0.118. The summed E-state index contributed by atoms with van der Waals surface area (Å²) in [6.45, 7) is 1.39. The van der Waals surface area contributed by atoms with Gasteiger partial charge in [0, 0.05) is 0 Å². The fourth-order valence-corrected chi connectivity index (χ4v) is 0.210. The molecule has 3 heteroatoms. The minimum Gasteiger partial charge on any atom is -0.759 e.